The van der Waals surface area contributed by atoms with Crippen molar-refractivity contribution in [1.82, 2.24) is 0 Å². The summed E-state index contributed by atoms with van der Waals surface area (Å²) in [6, 6.07) is 27.9. The van der Waals surface area contributed by atoms with Crippen LogP contribution < -0.4 is 0 Å². The van der Waals surface area contributed by atoms with E-state index in [2.05, 4.69) is 0 Å². The minimum atomic E-state index is -1.61. The summed E-state index contributed by atoms with van der Waals surface area (Å²) in [6.45, 7) is -0.679. The third-order valence-electron chi connectivity index (χ3n) is 7.73. The third-order valence-corrected chi connectivity index (χ3v) is 7.73. The number of aliphatic hydroxyl groups excluding tert-OH is 5. The van der Waals surface area contributed by atoms with Gasteiger partial charge >= 0.3 is 0 Å². The summed E-state index contributed by atoms with van der Waals surface area (Å²) >= 11 is 0. The van der Waals surface area contributed by atoms with Crippen LogP contribution in [0.3, 0.4) is 0 Å². The second kappa shape index (κ2) is 16.0. The molecule has 0 aliphatic carbocycles. The maximum Gasteiger partial charge on any atom is 0.187 e. The Morgan fingerprint density at radius 1 is 0.477 bits per heavy atom. The van der Waals surface area contributed by atoms with Gasteiger partial charge in [-0.25, -0.2) is 0 Å². The molecule has 0 amide bonds. The summed E-state index contributed by atoms with van der Waals surface area (Å²) < 4.78 is 35.8. The van der Waals surface area contributed by atoms with Crippen molar-refractivity contribution in [2.24, 2.45) is 0 Å². The molecule has 0 radical (unpaired) electrons. The summed E-state index contributed by atoms with van der Waals surface area (Å²) in [5.74, 6) is 0. The largest absolute Gasteiger partial charge is 0.394 e. The number of ether oxygens (including phenoxy) is 6. The predicted molar refractivity (Wildman–Crippen MR) is 156 cm³/mol. The molecule has 44 heavy (non-hydrogen) atoms. The molecule has 0 unspecified atom stereocenters. The molecule has 2 aliphatic rings. The highest BCUT2D eigenvalue weighted by molar-refractivity contribution is 5.15. The van der Waals surface area contributed by atoms with Crippen LogP contribution in [0.1, 0.15) is 16.7 Å². The predicted octanol–water partition coefficient (Wildman–Crippen LogP) is 1.28. The van der Waals surface area contributed by atoms with Crippen molar-refractivity contribution < 1.29 is 54.0 Å². The normalized spacial score (nSPS) is 32.4. The van der Waals surface area contributed by atoms with Crippen molar-refractivity contribution in [3.8, 4) is 0 Å². The molecule has 0 spiro atoms. The van der Waals surface area contributed by atoms with Gasteiger partial charge < -0.3 is 54.0 Å². The Hall–Kier alpha value is -2.78. The second-order valence-electron chi connectivity index (χ2n) is 10.8. The first kappa shape index (κ1) is 32.6. The molecule has 5 rings (SSSR count). The average molecular weight is 613 g/mol. The molecule has 2 fully saturated rings. The molecule has 11 heteroatoms. The van der Waals surface area contributed by atoms with Crippen molar-refractivity contribution in [2.75, 3.05) is 13.2 Å². The van der Waals surface area contributed by atoms with Gasteiger partial charge in [0.1, 0.15) is 48.8 Å². The fourth-order valence-corrected chi connectivity index (χ4v) is 5.35. The van der Waals surface area contributed by atoms with E-state index in [0.29, 0.717) is 0 Å². The number of benzene rings is 3. The van der Waals surface area contributed by atoms with Gasteiger partial charge in [0.25, 0.3) is 0 Å². The lowest BCUT2D eigenvalue weighted by atomic mass is 9.96. The van der Waals surface area contributed by atoms with Crippen LogP contribution in [0.25, 0.3) is 0 Å². The zero-order valence-corrected chi connectivity index (χ0v) is 24.2. The van der Waals surface area contributed by atoms with E-state index in [1.165, 1.54) is 0 Å². The monoisotopic (exact) mass is 612 g/mol. The highest BCUT2D eigenvalue weighted by Crippen LogP contribution is 2.32. The Labute approximate surface area is 256 Å². The lowest BCUT2D eigenvalue weighted by Crippen LogP contribution is -2.65. The molecule has 0 bridgehead atoms. The Morgan fingerprint density at radius 3 is 1.41 bits per heavy atom. The van der Waals surface area contributed by atoms with Gasteiger partial charge in [-0.1, -0.05) is 91.0 Å². The summed E-state index contributed by atoms with van der Waals surface area (Å²) in [4.78, 5) is 0. The van der Waals surface area contributed by atoms with E-state index in [0.717, 1.165) is 16.7 Å². The van der Waals surface area contributed by atoms with Crippen molar-refractivity contribution in [2.45, 2.75) is 81.2 Å². The van der Waals surface area contributed by atoms with Crippen molar-refractivity contribution in [1.29, 1.82) is 0 Å². The van der Waals surface area contributed by atoms with Crippen LogP contribution >= 0.6 is 0 Å². The Kier molecular flexibility index (Phi) is 11.8. The van der Waals surface area contributed by atoms with Gasteiger partial charge in [0, 0.05) is 0 Å². The number of hydrogen-bond donors (Lipinski definition) is 5. The summed E-state index contributed by atoms with van der Waals surface area (Å²) in [5.41, 5.74) is 2.51. The average Bonchev–Trinajstić information content (AvgIpc) is 3.07. The Bertz CT molecular complexity index is 1230. The number of aliphatic hydroxyl groups is 5. The van der Waals surface area contributed by atoms with Crippen LogP contribution in [0.5, 0.6) is 0 Å². The van der Waals surface area contributed by atoms with Gasteiger partial charge in [0.2, 0.25) is 0 Å². The van der Waals surface area contributed by atoms with Crippen LogP contribution in [-0.2, 0) is 48.2 Å². The van der Waals surface area contributed by atoms with Crippen LogP contribution in [0.4, 0.5) is 0 Å². The highest BCUT2D eigenvalue weighted by Gasteiger charge is 2.52. The molecule has 11 nitrogen and oxygen atoms in total. The summed E-state index contributed by atoms with van der Waals surface area (Å²) in [5, 5.41) is 53.9. The van der Waals surface area contributed by atoms with Crippen molar-refractivity contribution in [3.63, 3.8) is 0 Å². The molecule has 3 aromatic carbocycles. The zero-order valence-electron chi connectivity index (χ0n) is 24.2. The molecule has 2 aliphatic heterocycles. The maximum atomic E-state index is 11.4. The molecule has 2 heterocycles. The molecule has 5 N–H and O–H groups in total. The van der Waals surface area contributed by atoms with Gasteiger partial charge in [0.15, 0.2) is 12.6 Å². The van der Waals surface area contributed by atoms with Crippen molar-refractivity contribution in [3.05, 3.63) is 108 Å². The molecule has 3 aromatic rings. The van der Waals surface area contributed by atoms with Gasteiger partial charge in [-0.15, -0.1) is 0 Å². The molecule has 10 atom stereocenters. The maximum absolute atomic E-state index is 11.4. The SMILES string of the molecule is OC[C@H]1O[C@@H](O[C@@H]2[C@@H](O)[C@H](OCc3ccccc3)O[C@H](CO)[C@H]2OCc2ccccc2)[C@H](O)[C@@H](O)[C@@H]1OCc1ccccc1. The molecular formula is C33H40O11. The molecule has 238 valence electrons. The van der Waals surface area contributed by atoms with Crippen LogP contribution in [0.2, 0.25) is 0 Å². The molecule has 2 saturated heterocycles. The van der Waals surface area contributed by atoms with Gasteiger partial charge in [-0.2, -0.15) is 0 Å². The molecular weight excluding hydrogens is 572 g/mol. The molecule has 0 saturated carbocycles. The van der Waals surface area contributed by atoms with E-state index in [1.807, 2.05) is 91.0 Å². The van der Waals surface area contributed by atoms with E-state index in [9.17, 15) is 25.5 Å². The van der Waals surface area contributed by atoms with E-state index in [4.69, 9.17) is 28.4 Å². The first-order valence-electron chi connectivity index (χ1n) is 14.7. The highest BCUT2D eigenvalue weighted by atomic mass is 16.7. The lowest BCUT2D eigenvalue weighted by molar-refractivity contribution is -0.367. The number of rotatable bonds is 13. The van der Waals surface area contributed by atoms with Gasteiger partial charge in [-0.05, 0) is 16.7 Å². The third kappa shape index (κ3) is 8.08. The minimum absolute atomic E-state index is 0.108. The smallest absolute Gasteiger partial charge is 0.187 e. The zero-order chi connectivity index (χ0) is 30.9. The van der Waals surface area contributed by atoms with Crippen molar-refractivity contribution >= 4 is 0 Å². The summed E-state index contributed by atoms with van der Waals surface area (Å²) in [6.07, 6.45) is -12.6. The van der Waals surface area contributed by atoms with E-state index in [1.54, 1.807) is 0 Å². The van der Waals surface area contributed by atoms with Crippen LogP contribution in [-0.4, -0.2) is 100 Å². The fourth-order valence-electron chi connectivity index (χ4n) is 5.35. The first-order chi connectivity index (χ1) is 21.5. The van der Waals surface area contributed by atoms with E-state index < -0.39 is 74.6 Å². The fraction of sp³-hybridized carbons (Fsp3) is 0.455. The topological polar surface area (TPSA) is 157 Å². The van der Waals surface area contributed by atoms with E-state index >= 15 is 0 Å². The summed E-state index contributed by atoms with van der Waals surface area (Å²) in [7, 11) is 0. The second-order valence-corrected chi connectivity index (χ2v) is 10.8. The lowest BCUT2D eigenvalue weighted by Gasteiger charge is -2.47. The van der Waals surface area contributed by atoms with Crippen LogP contribution in [0, 0.1) is 0 Å². The standard InChI is InChI=1S/C33H40O11/c34-16-24-29(39-18-21-10-4-1-5-11-21)26(36)27(37)33(43-24)44-31-28(38)32(41-20-23-14-8-3-9-15-23)42-25(17-35)30(31)40-19-22-12-6-2-7-13-22/h1-15,24-38H,16-20H2/t24-,25-,26-,27-,28-,29-,30-,31-,32-,33+/m1/s1. The Balaban J connectivity index is 1.32. The Morgan fingerprint density at radius 2 is 0.909 bits per heavy atom. The number of hydrogen-bond acceptors (Lipinski definition) is 11. The first-order valence-corrected chi connectivity index (χ1v) is 14.7. The molecule has 0 aromatic heterocycles. The minimum Gasteiger partial charge on any atom is -0.394 e. The van der Waals surface area contributed by atoms with Crippen LogP contribution in [0.15, 0.2) is 91.0 Å². The van der Waals surface area contributed by atoms with E-state index in [-0.39, 0.29) is 19.8 Å². The quantitative estimate of drug-likeness (QED) is 0.190. The van der Waals surface area contributed by atoms with Gasteiger partial charge in [-0.3, -0.25) is 0 Å². The van der Waals surface area contributed by atoms with Gasteiger partial charge in [0.05, 0.1) is 33.0 Å².